The second kappa shape index (κ2) is 14.1. The van der Waals surface area contributed by atoms with Crippen LogP contribution in [0.5, 0.6) is 0 Å². The number of anilines is 1. The van der Waals surface area contributed by atoms with Crippen LogP contribution in [0.2, 0.25) is 4.34 Å². The van der Waals surface area contributed by atoms with Gasteiger partial charge in [-0.15, -0.1) is 11.3 Å². The number of halogens is 3. The molecule has 44 heavy (non-hydrogen) atoms. The molecular weight excluding hydrogens is 784 g/mol. The zero-order valence-corrected chi connectivity index (χ0v) is 30.2. The van der Waals surface area contributed by atoms with Crippen molar-refractivity contribution in [1.29, 1.82) is 0 Å². The SMILES string of the molecule is O=C(O)C1CC(O)CN1S(=O)(=O)c1cnc(N2CCC(CCCC3CCN(S(=O)(=O)c4cc(Br)c(Cl)s4)CC3)CC2)c(Br)c1. The highest BCUT2D eigenvalue weighted by Crippen LogP contribution is 2.38. The number of sulfonamides is 2. The molecule has 17 heteroatoms. The van der Waals surface area contributed by atoms with Crippen molar-refractivity contribution < 1.29 is 31.8 Å². The average Bonchev–Trinajstić information content (AvgIpc) is 3.56. The number of β-amino-alcohol motifs (C(OH)–C–C–N with tert-alkyl or cyclic N) is 1. The molecule has 0 aromatic carbocycles. The Hall–Kier alpha value is -0.850. The average molecular weight is 819 g/mol. The van der Waals surface area contributed by atoms with E-state index in [1.807, 2.05) is 0 Å². The van der Waals surface area contributed by atoms with Gasteiger partial charge in [-0.2, -0.15) is 8.61 Å². The summed E-state index contributed by atoms with van der Waals surface area (Å²) in [5, 5.41) is 19.3. The molecule has 0 saturated carbocycles. The molecule has 3 saturated heterocycles. The molecule has 2 unspecified atom stereocenters. The lowest BCUT2D eigenvalue weighted by molar-refractivity contribution is -0.140. The summed E-state index contributed by atoms with van der Waals surface area (Å²) in [4.78, 5) is 18.0. The Morgan fingerprint density at radius 3 is 2.14 bits per heavy atom. The van der Waals surface area contributed by atoms with E-state index in [0.717, 1.165) is 73.7 Å². The standard InChI is InChI=1S/C27H35Br2ClN4O7S3/c28-21-14-24(42-25(21)30)44(40,41)33-10-6-18(7-11-33)3-1-2-17-4-8-32(9-5-17)26-22(29)13-20(15-31-26)43(38,39)34-16-19(35)12-23(34)27(36)37/h13-15,17-19,23,35H,1-12,16H2,(H,36,37). The lowest BCUT2D eigenvalue weighted by Crippen LogP contribution is -2.40. The second-order valence-corrected chi connectivity index (χ2v) is 19.1. The highest BCUT2D eigenvalue weighted by molar-refractivity contribution is 9.11. The number of aliphatic carboxylic acids is 1. The van der Waals surface area contributed by atoms with Crippen LogP contribution in [0.4, 0.5) is 5.82 Å². The fraction of sp³-hybridized carbons (Fsp3) is 0.630. The molecule has 244 valence electrons. The monoisotopic (exact) mass is 816 g/mol. The minimum absolute atomic E-state index is 0.115. The van der Waals surface area contributed by atoms with Gasteiger partial charge in [0.15, 0.2) is 0 Å². The van der Waals surface area contributed by atoms with Gasteiger partial charge in [0.1, 0.15) is 25.3 Å². The summed E-state index contributed by atoms with van der Waals surface area (Å²) in [5.74, 6) is 0.464. The number of thiophene rings is 1. The third-order valence-electron chi connectivity index (χ3n) is 8.85. The van der Waals surface area contributed by atoms with Crippen LogP contribution < -0.4 is 4.90 Å². The Labute approximate surface area is 283 Å². The number of aliphatic hydroxyl groups excluding tert-OH is 1. The van der Waals surface area contributed by atoms with Crippen LogP contribution in [0.15, 0.2) is 36.4 Å². The number of nitrogens with zero attached hydrogens (tertiary/aromatic N) is 4. The molecule has 0 amide bonds. The fourth-order valence-electron chi connectivity index (χ4n) is 6.34. The van der Waals surface area contributed by atoms with E-state index in [9.17, 15) is 31.8 Å². The number of hydrogen-bond donors (Lipinski definition) is 2. The Bertz CT molecular complexity index is 1560. The van der Waals surface area contributed by atoms with E-state index in [0.29, 0.717) is 44.0 Å². The third-order valence-corrected chi connectivity index (χ3v) is 16.1. The lowest BCUT2D eigenvalue weighted by atomic mass is 9.87. The Kier molecular flexibility index (Phi) is 11.0. The molecule has 0 aliphatic carbocycles. The Morgan fingerprint density at radius 2 is 1.59 bits per heavy atom. The molecular formula is C27H35Br2ClN4O7S3. The number of pyridine rings is 1. The molecule has 2 aromatic heterocycles. The first-order valence-electron chi connectivity index (χ1n) is 14.6. The predicted molar refractivity (Wildman–Crippen MR) is 175 cm³/mol. The smallest absolute Gasteiger partial charge is 0.322 e. The van der Waals surface area contributed by atoms with Crippen molar-refractivity contribution in [3.63, 3.8) is 0 Å². The molecule has 3 aliphatic rings. The lowest BCUT2D eigenvalue weighted by Gasteiger charge is -2.34. The highest BCUT2D eigenvalue weighted by atomic mass is 79.9. The van der Waals surface area contributed by atoms with Crippen LogP contribution in [0, 0.1) is 11.8 Å². The van der Waals surface area contributed by atoms with Crippen molar-refractivity contribution >= 4 is 86.6 Å². The summed E-state index contributed by atoms with van der Waals surface area (Å²) in [6.07, 6.45) is 7.10. The van der Waals surface area contributed by atoms with E-state index in [1.54, 1.807) is 10.4 Å². The zero-order chi connectivity index (χ0) is 31.8. The fourth-order valence-corrected chi connectivity index (χ4v) is 12.6. The van der Waals surface area contributed by atoms with Crippen LogP contribution >= 0.6 is 54.8 Å². The van der Waals surface area contributed by atoms with Gasteiger partial charge < -0.3 is 15.1 Å². The molecule has 0 spiro atoms. The number of carbonyl (C=O) groups is 1. The maximum atomic E-state index is 13.2. The second-order valence-electron chi connectivity index (χ2n) is 11.7. The maximum Gasteiger partial charge on any atom is 0.322 e. The van der Waals surface area contributed by atoms with Crippen LogP contribution in [0.1, 0.15) is 51.4 Å². The number of carboxylic acid groups (broad SMARTS) is 1. The number of carboxylic acids is 1. The van der Waals surface area contributed by atoms with Crippen molar-refractivity contribution in [3.8, 4) is 0 Å². The largest absolute Gasteiger partial charge is 0.480 e. The highest BCUT2D eigenvalue weighted by Gasteiger charge is 2.44. The molecule has 0 radical (unpaired) electrons. The molecule has 0 bridgehead atoms. The molecule has 11 nitrogen and oxygen atoms in total. The molecule has 2 atom stereocenters. The normalized spacial score (nSPS) is 23.4. The van der Waals surface area contributed by atoms with Crippen LogP contribution in [-0.2, 0) is 24.8 Å². The van der Waals surface area contributed by atoms with Gasteiger partial charge in [0.05, 0.1) is 10.6 Å². The number of aliphatic hydroxyl groups is 1. The van der Waals surface area contributed by atoms with E-state index in [-0.39, 0.29) is 22.1 Å². The molecule has 3 aliphatic heterocycles. The zero-order valence-electron chi connectivity index (χ0n) is 23.8. The van der Waals surface area contributed by atoms with Gasteiger partial charge in [-0.1, -0.05) is 30.9 Å². The van der Waals surface area contributed by atoms with Gasteiger partial charge in [-0.25, -0.2) is 21.8 Å². The number of rotatable bonds is 10. The maximum absolute atomic E-state index is 13.2. The van der Waals surface area contributed by atoms with Gasteiger partial charge >= 0.3 is 5.97 Å². The topological polar surface area (TPSA) is 148 Å². The first-order valence-corrected chi connectivity index (χ1v) is 20.2. The van der Waals surface area contributed by atoms with Crippen molar-refractivity contribution in [2.45, 2.75) is 72.6 Å². The van der Waals surface area contributed by atoms with Crippen LogP contribution in [-0.4, -0.2) is 91.5 Å². The van der Waals surface area contributed by atoms with Gasteiger partial charge in [-0.05, 0) is 81.5 Å². The van der Waals surface area contributed by atoms with Crippen molar-refractivity contribution in [3.05, 3.63) is 31.6 Å². The summed E-state index contributed by atoms with van der Waals surface area (Å²) >= 11 is 13.9. The van der Waals surface area contributed by atoms with Gasteiger partial charge in [-0.3, -0.25) is 4.79 Å². The summed E-state index contributed by atoms with van der Waals surface area (Å²) in [5.41, 5.74) is 0. The number of aromatic nitrogens is 1. The minimum atomic E-state index is -4.15. The minimum Gasteiger partial charge on any atom is -0.480 e. The first-order chi connectivity index (χ1) is 20.8. The van der Waals surface area contributed by atoms with E-state index >= 15 is 0 Å². The Balaban J connectivity index is 1.07. The third kappa shape index (κ3) is 7.48. The molecule has 5 heterocycles. The predicted octanol–water partition coefficient (Wildman–Crippen LogP) is 5.02. The van der Waals surface area contributed by atoms with Gasteiger partial charge in [0, 0.05) is 49.8 Å². The summed E-state index contributed by atoms with van der Waals surface area (Å²) in [7, 11) is -7.66. The summed E-state index contributed by atoms with van der Waals surface area (Å²) < 4.78 is 56.5. The van der Waals surface area contributed by atoms with Crippen LogP contribution in [0.3, 0.4) is 0 Å². The van der Waals surface area contributed by atoms with E-state index in [4.69, 9.17) is 11.6 Å². The van der Waals surface area contributed by atoms with E-state index in [2.05, 4.69) is 41.7 Å². The molecule has 3 fully saturated rings. The number of piperidine rings is 2. The molecule has 5 rings (SSSR count). The Morgan fingerprint density at radius 1 is 0.977 bits per heavy atom. The summed E-state index contributed by atoms with van der Waals surface area (Å²) in [6.45, 7) is 2.37. The van der Waals surface area contributed by atoms with Gasteiger partial charge in [0.2, 0.25) is 10.0 Å². The van der Waals surface area contributed by atoms with Crippen molar-refractivity contribution in [1.82, 2.24) is 13.6 Å². The van der Waals surface area contributed by atoms with Crippen molar-refractivity contribution in [2.75, 3.05) is 37.6 Å². The number of hydrogen-bond acceptors (Lipinski definition) is 9. The first kappa shape index (κ1) is 34.5. The quantitative estimate of drug-likeness (QED) is 0.338. The molecule has 2 N–H and O–H groups in total. The molecule has 2 aromatic rings. The van der Waals surface area contributed by atoms with E-state index < -0.39 is 38.2 Å². The van der Waals surface area contributed by atoms with Crippen molar-refractivity contribution in [2.24, 2.45) is 11.8 Å². The summed E-state index contributed by atoms with van der Waals surface area (Å²) in [6, 6.07) is 1.72. The van der Waals surface area contributed by atoms with Crippen LogP contribution in [0.25, 0.3) is 0 Å². The van der Waals surface area contributed by atoms with Gasteiger partial charge in [0.25, 0.3) is 10.0 Å². The van der Waals surface area contributed by atoms with E-state index in [1.165, 1.54) is 12.3 Å².